The Kier molecular flexibility index (Phi) is 15.3. The maximum Gasteiger partial charge on any atom is 0.407 e. The molecule has 0 aromatic carbocycles. The van der Waals surface area contributed by atoms with Gasteiger partial charge in [-0.2, -0.15) is 0 Å². The fraction of sp³-hybridized carbons (Fsp3) is 0.545. The first-order valence-corrected chi connectivity index (χ1v) is 13.8. The molecule has 0 bridgehead atoms. The second-order valence-electron chi connectivity index (χ2n) is 8.27. The molecule has 226 valence electrons. The van der Waals surface area contributed by atoms with Crippen molar-refractivity contribution in [3.05, 3.63) is 34.9 Å². The Morgan fingerprint density at radius 1 is 1.05 bits per heavy atom. The lowest BCUT2D eigenvalue weighted by Gasteiger charge is -2.28. The van der Waals surface area contributed by atoms with E-state index in [9.17, 15) is 32.7 Å². The molecule has 1 atom stereocenters. The smallest absolute Gasteiger partial charge is 0.407 e. The molecule has 0 aromatic heterocycles. The van der Waals surface area contributed by atoms with Crippen LogP contribution in [-0.4, -0.2) is 101 Å². The van der Waals surface area contributed by atoms with E-state index < -0.39 is 40.5 Å². The molecule has 1 unspecified atom stereocenters. The van der Waals surface area contributed by atoms with Crippen molar-refractivity contribution in [1.82, 2.24) is 31.5 Å². The molecule has 1 aliphatic rings. The summed E-state index contributed by atoms with van der Waals surface area (Å²) in [5.41, 5.74) is 6.11. The highest BCUT2D eigenvalue weighted by molar-refractivity contribution is 7.93. The first-order valence-electron chi connectivity index (χ1n) is 12.2. The molecular formula is C22H38N8O9S. The number of rotatable bonds is 16. The molecule has 1 rings (SSSR count). The lowest BCUT2D eigenvalue weighted by atomic mass is 10.1. The minimum absolute atomic E-state index is 0.0577. The first-order chi connectivity index (χ1) is 18.8. The molecule has 40 heavy (non-hydrogen) atoms. The van der Waals surface area contributed by atoms with Crippen molar-refractivity contribution in [2.45, 2.75) is 26.1 Å². The van der Waals surface area contributed by atoms with Gasteiger partial charge in [0.1, 0.15) is 13.2 Å². The van der Waals surface area contributed by atoms with Crippen molar-refractivity contribution >= 4 is 34.1 Å². The van der Waals surface area contributed by atoms with Gasteiger partial charge in [0.2, 0.25) is 10.0 Å². The highest BCUT2D eigenvalue weighted by atomic mass is 32.2. The zero-order chi connectivity index (χ0) is 30.1. The van der Waals surface area contributed by atoms with Gasteiger partial charge in [0.05, 0.1) is 4.91 Å². The number of sulfonamides is 1. The van der Waals surface area contributed by atoms with E-state index in [1.165, 1.54) is 19.1 Å². The molecule has 0 heterocycles. The van der Waals surface area contributed by atoms with E-state index in [2.05, 4.69) is 33.2 Å². The number of allylic oxidation sites excluding steroid dienone is 4. The Morgan fingerprint density at radius 2 is 1.75 bits per heavy atom. The van der Waals surface area contributed by atoms with Crippen molar-refractivity contribution in [1.29, 1.82) is 0 Å². The third-order valence-electron chi connectivity index (χ3n) is 4.98. The van der Waals surface area contributed by atoms with Crippen LogP contribution >= 0.6 is 0 Å². The van der Waals surface area contributed by atoms with Crippen molar-refractivity contribution in [3.8, 4) is 0 Å². The number of urea groups is 2. The van der Waals surface area contributed by atoms with Crippen LogP contribution in [0.1, 0.15) is 19.8 Å². The molecule has 0 aliphatic heterocycles. The first kappa shape index (κ1) is 34.3. The predicted octanol–water partition coefficient (Wildman–Crippen LogP) is -2.18. The summed E-state index contributed by atoms with van der Waals surface area (Å²) in [6.45, 7) is 4.77. The third kappa shape index (κ3) is 13.9. The summed E-state index contributed by atoms with van der Waals surface area (Å²) in [7, 11) is -3.77. The van der Waals surface area contributed by atoms with Gasteiger partial charge in [-0.25, -0.2) is 32.7 Å². The van der Waals surface area contributed by atoms with E-state index in [0.717, 1.165) is 4.90 Å². The summed E-state index contributed by atoms with van der Waals surface area (Å²) in [5.74, 6) is -0.611. The monoisotopic (exact) mass is 590 g/mol. The van der Waals surface area contributed by atoms with Crippen molar-refractivity contribution in [3.63, 3.8) is 0 Å². The summed E-state index contributed by atoms with van der Waals surface area (Å²) in [6.07, 6.45) is 0.917. The highest BCUT2D eigenvalue weighted by Gasteiger charge is 2.21. The number of esters is 1. The van der Waals surface area contributed by atoms with Crippen molar-refractivity contribution in [2.75, 3.05) is 52.5 Å². The van der Waals surface area contributed by atoms with Crippen LogP contribution in [0.15, 0.2) is 34.9 Å². The normalized spacial score (nSPS) is 13.6. The molecule has 18 heteroatoms. The molecular weight excluding hydrogens is 552 g/mol. The predicted molar refractivity (Wildman–Crippen MR) is 143 cm³/mol. The molecule has 0 saturated carbocycles. The fourth-order valence-corrected chi connectivity index (χ4v) is 3.62. The minimum Gasteiger partial charge on any atom is -0.459 e. The number of hydrogen-bond acceptors (Lipinski definition) is 11. The number of nitrogens with two attached hydrogens (primary N) is 2. The summed E-state index contributed by atoms with van der Waals surface area (Å²) < 4.78 is 32.3. The van der Waals surface area contributed by atoms with Crippen LogP contribution in [0.25, 0.3) is 0 Å². The number of aliphatic hydroxyl groups excluding tert-OH is 1. The zero-order valence-corrected chi connectivity index (χ0v) is 23.1. The largest absolute Gasteiger partial charge is 0.459 e. The molecule has 0 saturated heterocycles. The molecule has 17 nitrogen and oxygen atoms in total. The van der Waals surface area contributed by atoms with Crippen LogP contribution in [0.2, 0.25) is 0 Å². The highest BCUT2D eigenvalue weighted by Crippen LogP contribution is 2.19. The number of hydrogen-bond donors (Lipinski definition) is 8. The van der Waals surface area contributed by atoms with Crippen LogP contribution in [0.3, 0.4) is 0 Å². The lowest BCUT2D eigenvalue weighted by Crippen LogP contribution is -2.56. The van der Waals surface area contributed by atoms with Crippen LogP contribution in [0, 0.1) is 0 Å². The Balaban J connectivity index is 2.44. The Hall–Kier alpha value is -3.71. The van der Waals surface area contributed by atoms with Crippen molar-refractivity contribution in [2.24, 2.45) is 10.9 Å². The summed E-state index contributed by atoms with van der Waals surface area (Å²) in [4.78, 5) is 48.6. The van der Waals surface area contributed by atoms with Gasteiger partial charge in [0, 0.05) is 50.5 Å². The second kappa shape index (κ2) is 17.8. The van der Waals surface area contributed by atoms with Crippen LogP contribution in [-0.2, 0) is 24.3 Å². The van der Waals surface area contributed by atoms with E-state index in [0.29, 0.717) is 5.70 Å². The van der Waals surface area contributed by atoms with Gasteiger partial charge in [-0.1, -0.05) is 6.58 Å². The topological polar surface area (TPSA) is 257 Å². The van der Waals surface area contributed by atoms with E-state index >= 15 is 0 Å². The number of carbonyl (C=O) groups excluding carboxylic acids is 4. The number of nitrogens with zero attached hydrogens (tertiary/aromatic N) is 1. The molecule has 0 fully saturated rings. The van der Waals surface area contributed by atoms with Crippen molar-refractivity contribution < 1.29 is 42.2 Å². The number of ether oxygens (including phenoxy) is 2. The Morgan fingerprint density at radius 3 is 2.35 bits per heavy atom. The van der Waals surface area contributed by atoms with Crippen LogP contribution in [0.5, 0.6) is 0 Å². The van der Waals surface area contributed by atoms with Gasteiger partial charge >= 0.3 is 24.1 Å². The van der Waals surface area contributed by atoms with Gasteiger partial charge in [0.25, 0.3) is 0 Å². The molecule has 5 amide bonds. The number of primary sulfonamides is 1. The zero-order valence-electron chi connectivity index (χ0n) is 22.2. The molecule has 0 aromatic rings. The summed E-state index contributed by atoms with van der Waals surface area (Å²) in [5, 5.41) is 28.2. The third-order valence-corrected chi connectivity index (χ3v) is 6.06. The lowest BCUT2D eigenvalue weighted by molar-refractivity contribution is -0.139. The van der Waals surface area contributed by atoms with Crippen LogP contribution < -0.4 is 37.5 Å². The molecule has 0 radical (unpaired) electrons. The van der Waals surface area contributed by atoms with Gasteiger partial charge in [-0.3, -0.25) is 10.2 Å². The van der Waals surface area contributed by atoms with Gasteiger partial charge in [0.15, 0.2) is 6.35 Å². The standard InChI is InChI=1S/C22H38N8O9S/c1-15(2)18(31)38-13-14-39-22(35)28-11-12-30(20(33)26-8-7-23)21(34)27-10-9-25-19(32)29-16-3-5-17(6-4-16)40(24,36)37/h3,5,21,27,34H,1,4,6-14,23H2,2H3,(H,26,33)(H,28,35)(H2,24,36,37)(H2,25,29,32). The molecule has 1 aliphatic carbocycles. The number of nitrogens with one attached hydrogen (secondary N) is 5. The van der Waals surface area contributed by atoms with E-state index in [1.807, 2.05) is 0 Å². The van der Waals surface area contributed by atoms with E-state index in [-0.39, 0.29) is 75.8 Å². The maximum absolute atomic E-state index is 12.4. The average molecular weight is 591 g/mol. The number of amides is 5. The number of aliphatic hydroxyl groups is 1. The number of alkyl carbamates (subject to hydrolysis) is 1. The average Bonchev–Trinajstić information content (AvgIpc) is 2.89. The summed E-state index contributed by atoms with van der Waals surface area (Å²) >= 11 is 0. The van der Waals surface area contributed by atoms with E-state index in [4.69, 9.17) is 20.3 Å². The number of carbonyl (C=O) groups is 4. The summed E-state index contributed by atoms with van der Waals surface area (Å²) in [6, 6.07) is -1.21. The maximum atomic E-state index is 12.4. The second-order valence-corrected chi connectivity index (χ2v) is 9.89. The van der Waals surface area contributed by atoms with E-state index in [1.54, 1.807) is 0 Å². The SMILES string of the molecule is C=C(C)C(=O)OCCOC(=O)NCCN(C(=O)NCCN)C(O)NCCNC(=O)NC1=CC=C(S(N)(=O)=O)CC1. The minimum atomic E-state index is -3.77. The van der Waals surface area contributed by atoms with Gasteiger partial charge < -0.3 is 41.6 Å². The van der Waals surface area contributed by atoms with Crippen LogP contribution in [0.4, 0.5) is 14.4 Å². The fourth-order valence-electron chi connectivity index (χ4n) is 2.97. The Labute approximate surface area is 232 Å². The van der Waals surface area contributed by atoms with Gasteiger partial charge in [-0.15, -0.1) is 0 Å². The molecule has 0 spiro atoms. The Bertz CT molecular complexity index is 1080. The molecule has 10 N–H and O–H groups in total. The quantitative estimate of drug-likeness (QED) is 0.0415. The van der Waals surface area contributed by atoms with Gasteiger partial charge in [-0.05, 0) is 31.9 Å².